The average Bonchev–Trinajstić information content (AvgIpc) is 2.84. The van der Waals surface area contributed by atoms with E-state index < -0.39 is 0 Å². The van der Waals surface area contributed by atoms with E-state index in [9.17, 15) is 4.79 Å². The SMILES string of the molecule is O=C1CCCC1c1ccc2c(c1)OCO2. The van der Waals surface area contributed by atoms with Crippen molar-refractivity contribution in [3.63, 3.8) is 0 Å². The molecule has 2 aliphatic rings. The third kappa shape index (κ3) is 1.39. The summed E-state index contributed by atoms with van der Waals surface area (Å²) in [4.78, 5) is 11.6. The molecule has 0 N–H and O–H groups in total. The highest BCUT2D eigenvalue weighted by Gasteiger charge is 2.27. The van der Waals surface area contributed by atoms with Crippen LogP contribution in [0.5, 0.6) is 11.5 Å². The van der Waals surface area contributed by atoms with Gasteiger partial charge < -0.3 is 9.47 Å². The number of carbonyl (C=O) groups is 1. The molecular weight excluding hydrogens is 192 g/mol. The summed E-state index contributed by atoms with van der Waals surface area (Å²) in [5.74, 6) is 1.99. The molecule has 0 spiro atoms. The van der Waals surface area contributed by atoms with Crippen molar-refractivity contribution in [1.82, 2.24) is 0 Å². The number of benzene rings is 1. The minimum atomic E-state index is 0.0829. The number of hydrogen-bond donors (Lipinski definition) is 0. The van der Waals surface area contributed by atoms with E-state index in [1.807, 2.05) is 18.2 Å². The predicted octanol–water partition coefficient (Wildman–Crippen LogP) is 2.25. The summed E-state index contributed by atoms with van der Waals surface area (Å²) < 4.78 is 10.5. The molecule has 15 heavy (non-hydrogen) atoms. The van der Waals surface area contributed by atoms with Crippen LogP contribution in [0.4, 0.5) is 0 Å². The molecule has 1 aliphatic carbocycles. The van der Waals surface area contributed by atoms with Crippen LogP contribution >= 0.6 is 0 Å². The molecular formula is C12H12O3. The molecule has 3 rings (SSSR count). The fourth-order valence-electron chi connectivity index (χ4n) is 2.30. The second-order valence-electron chi connectivity index (χ2n) is 4.02. The van der Waals surface area contributed by atoms with Gasteiger partial charge in [-0.1, -0.05) is 6.07 Å². The molecule has 1 heterocycles. The number of hydrogen-bond acceptors (Lipinski definition) is 3. The van der Waals surface area contributed by atoms with Gasteiger partial charge in [-0.25, -0.2) is 0 Å². The van der Waals surface area contributed by atoms with E-state index in [-0.39, 0.29) is 12.7 Å². The molecule has 78 valence electrons. The Morgan fingerprint density at radius 1 is 1.20 bits per heavy atom. The number of fused-ring (bicyclic) bond motifs is 1. The van der Waals surface area contributed by atoms with Gasteiger partial charge >= 0.3 is 0 Å². The van der Waals surface area contributed by atoms with Crippen molar-refractivity contribution in [2.24, 2.45) is 0 Å². The Kier molecular flexibility index (Phi) is 1.91. The molecule has 3 heteroatoms. The molecule has 1 fully saturated rings. The second-order valence-corrected chi connectivity index (χ2v) is 4.02. The van der Waals surface area contributed by atoms with Crippen molar-refractivity contribution in [2.75, 3.05) is 6.79 Å². The third-order valence-corrected chi connectivity index (χ3v) is 3.10. The molecule has 1 atom stereocenters. The van der Waals surface area contributed by atoms with Crippen molar-refractivity contribution >= 4 is 5.78 Å². The predicted molar refractivity (Wildman–Crippen MR) is 54.2 cm³/mol. The van der Waals surface area contributed by atoms with Crippen LogP contribution in [0.1, 0.15) is 30.7 Å². The molecule has 1 unspecified atom stereocenters. The molecule has 1 aromatic carbocycles. The molecule has 0 radical (unpaired) electrons. The van der Waals surface area contributed by atoms with Crippen molar-refractivity contribution in [1.29, 1.82) is 0 Å². The zero-order chi connectivity index (χ0) is 10.3. The monoisotopic (exact) mass is 204 g/mol. The fraction of sp³-hybridized carbons (Fsp3) is 0.417. The van der Waals surface area contributed by atoms with E-state index in [0.29, 0.717) is 5.78 Å². The largest absolute Gasteiger partial charge is 0.454 e. The summed E-state index contributed by atoms with van der Waals surface area (Å²) in [6, 6.07) is 5.81. The molecule has 3 nitrogen and oxygen atoms in total. The Bertz CT molecular complexity index is 411. The van der Waals surface area contributed by atoms with Crippen LogP contribution in [-0.4, -0.2) is 12.6 Å². The minimum Gasteiger partial charge on any atom is -0.454 e. The number of ketones is 1. The smallest absolute Gasteiger partial charge is 0.231 e. The lowest BCUT2D eigenvalue weighted by atomic mass is 9.96. The lowest BCUT2D eigenvalue weighted by Gasteiger charge is -2.08. The van der Waals surface area contributed by atoms with Crippen LogP contribution in [0.15, 0.2) is 18.2 Å². The molecule has 0 saturated heterocycles. The second kappa shape index (κ2) is 3.26. The van der Waals surface area contributed by atoms with Gasteiger partial charge in [0.05, 0.1) is 0 Å². The number of carbonyl (C=O) groups excluding carboxylic acids is 1. The summed E-state index contributed by atoms with van der Waals surface area (Å²) in [7, 11) is 0. The van der Waals surface area contributed by atoms with Gasteiger partial charge in [-0.3, -0.25) is 4.79 Å². The maximum Gasteiger partial charge on any atom is 0.231 e. The first-order valence-electron chi connectivity index (χ1n) is 5.27. The highest BCUT2D eigenvalue weighted by Crippen LogP contribution is 2.38. The Balaban J connectivity index is 1.95. The Morgan fingerprint density at radius 3 is 2.87 bits per heavy atom. The fourth-order valence-corrected chi connectivity index (χ4v) is 2.30. The normalized spacial score (nSPS) is 23.5. The van der Waals surface area contributed by atoms with Crippen LogP contribution < -0.4 is 9.47 Å². The first kappa shape index (κ1) is 8.77. The summed E-state index contributed by atoms with van der Waals surface area (Å²) in [5, 5.41) is 0. The van der Waals surface area contributed by atoms with Crippen LogP contribution in [0.2, 0.25) is 0 Å². The van der Waals surface area contributed by atoms with Gasteiger partial charge in [0.25, 0.3) is 0 Å². The van der Waals surface area contributed by atoms with E-state index in [1.165, 1.54) is 0 Å². The maximum atomic E-state index is 11.6. The van der Waals surface area contributed by atoms with E-state index in [0.717, 1.165) is 36.3 Å². The molecule has 1 saturated carbocycles. The van der Waals surface area contributed by atoms with E-state index in [2.05, 4.69) is 0 Å². The van der Waals surface area contributed by atoms with Crippen molar-refractivity contribution < 1.29 is 14.3 Å². The Labute approximate surface area is 88.0 Å². The first-order chi connectivity index (χ1) is 7.34. The maximum absolute atomic E-state index is 11.6. The highest BCUT2D eigenvalue weighted by atomic mass is 16.7. The van der Waals surface area contributed by atoms with Gasteiger partial charge in [-0.15, -0.1) is 0 Å². The molecule has 1 aliphatic heterocycles. The van der Waals surface area contributed by atoms with Crippen molar-refractivity contribution in [3.8, 4) is 11.5 Å². The zero-order valence-electron chi connectivity index (χ0n) is 8.36. The Hall–Kier alpha value is -1.51. The van der Waals surface area contributed by atoms with Crippen LogP contribution in [0, 0.1) is 0 Å². The average molecular weight is 204 g/mol. The summed E-state index contributed by atoms with van der Waals surface area (Å²) in [6.45, 7) is 0.289. The lowest BCUT2D eigenvalue weighted by Crippen LogP contribution is -2.03. The van der Waals surface area contributed by atoms with E-state index in [1.54, 1.807) is 0 Å². The van der Waals surface area contributed by atoms with Crippen molar-refractivity contribution in [2.45, 2.75) is 25.2 Å². The summed E-state index contributed by atoms with van der Waals surface area (Å²) in [5.41, 5.74) is 1.07. The first-order valence-corrected chi connectivity index (χ1v) is 5.27. The standard InChI is InChI=1S/C12H12O3/c13-10-3-1-2-9(10)8-4-5-11-12(6-8)15-7-14-11/h4-6,9H,1-3,7H2. The topological polar surface area (TPSA) is 35.5 Å². The molecule has 1 aromatic rings. The van der Waals surface area contributed by atoms with E-state index in [4.69, 9.17) is 9.47 Å². The van der Waals surface area contributed by atoms with Gasteiger partial charge in [-0.2, -0.15) is 0 Å². The van der Waals surface area contributed by atoms with Crippen LogP contribution in [0.3, 0.4) is 0 Å². The third-order valence-electron chi connectivity index (χ3n) is 3.10. The molecule has 0 bridgehead atoms. The van der Waals surface area contributed by atoms with Crippen LogP contribution in [-0.2, 0) is 4.79 Å². The molecule has 0 aromatic heterocycles. The number of ether oxygens (including phenoxy) is 2. The lowest BCUT2D eigenvalue weighted by molar-refractivity contribution is -0.118. The Morgan fingerprint density at radius 2 is 2.07 bits per heavy atom. The van der Waals surface area contributed by atoms with Gasteiger partial charge in [0.15, 0.2) is 11.5 Å². The zero-order valence-corrected chi connectivity index (χ0v) is 8.36. The number of rotatable bonds is 1. The summed E-state index contributed by atoms with van der Waals surface area (Å²) in [6.07, 6.45) is 2.70. The van der Waals surface area contributed by atoms with Gasteiger partial charge in [-0.05, 0) is 30.5 Å². The van der Waals surface area contributed by atoms with Gasteiger partial charge in [0, 0.05) is 12.3 Å². The van der Waals surface area contributed by atoms with Crippen LogP contribution in [0.25, 0.3) is 0 Å². The van der Waals surface area contributed by atoms with Gasteiger partial charge in [0.2, 0.25) is 6.79 Å². The quantitative estimate of drug-likeness (QED) is 0.703. The highest BCUT2D eigenvalue weighted by molar-refractivity contribution is 5.87. The summed E-state index contributed by atoms with van der Waals surface area (Å²) >= 11 is 0. The number of Topliss-reactive ketones (excluding diaryl/α,β-unsaturated/α-hetero) is 1. The van der Waals surface area contributed by atoms with E-state index >= 15 is 0 Å². The van der Waals surface area contributed by atoms with Gasteiger partial charge in [0.1, 0.15) is 5.78 Å². The molecule has 0 amide bonds. The van der Waals surface area contributed by atoms with Crippen molar-refractivity contribution in [3.05, 3.63) is 23.8 Å². The minimum absolute atomic E-state index is 0.0829.